The minimum atomic E-state index is -0.0858. The first-order valence-electron chi connectivity index (χ1n) is 10.8. The van der Waals surface area contributed by atoms with Crippen LogP contribution < -0.4 is 20.7 Å². The first-order chi connectivity index (χ1) is 15.1. The highest BCUT2D eigenvalue weighted by molar-refractivity contribution is 5.94. The zero-order chi connectivity index (χ0) is 22.1. The number of methoxy groups -OCH3 is 1. The van der Waals surface area contributed by atoms with Gasteiger partial charge in [0.1, 0.15) is 5.75 Å². The Morgan fingerprint density at radius 1 is 1.13 bits per heavy atom. The molecule has 1 aliphatic rings. The minimum Gasteiger partial charge on any atom is -0.497 e. The van der Waals surface area contributed by atoms with Crippen molar-refractivity contribution >= 4 is 11.9 Å². The molecule has 0 bridgehead atoms. The molecule has 166 valence electrons. The molecule has 1 saturated heterocycles. The number of nitrogens with zero attached hydrogens (tertiary/aromatic N) is 2. The average Bonchev–Trinajstić information content (AvgIpc) is 3.36. The highest BCUT2D eigenvalue weighted by Crippen LogP contribution is 2.26. The molecule has 0 aliphatic carbocycles. The Morgan fingerprint density at radius 2 is 1.87 bits per heavy atom. The van der Waals surface area contributed by atoms with Crippen molar-refractivity contribution in [1.29, 1.82) is 0 Å². The van der Waals surface area contributed by atoms with Crippen LogP contribution in [0.1, 0.15) is 40.4 Å². The topological polar surface area (TPSA) is 78.0 Å². The van der Waals surface area contributed by atoms with Gasteiger partial charge in [-0.3, -0.25) is 14.7 Å². The molecule has 1 fully saturated rings. The van der Waals surface area contributed by atoms with Gasteiger partial charge in [0.15, 0.2) is 5.96 Å². The van der Waals surface area contributed by atoms with Gasteiger partial charge in [-0.15, -0.1) is 0 Å². The number of rotatable bonds is 8. The van der Waals surface area contributed by atoms with Crippen LogP contribution in [0.25, 0.3) is 0 Å². The molecule has 0 saturated carbocycles. The lowest BCUT2D eigenvalue weighted by atomic mass is 10.1. The molecule has 1 heterocycles. The van der Waals surface area contributed by atoms with Crippen molar-refractivity contribution in [1.82, 2.24) is 20.9 Å². The summed E-state index contributed by atoms with van der Waals surface area (Å²) >= 11 is 0. The fourth-order valence-corrected chi connectivity index (χ4v) is 3.90. The fourth-order valence-electron chi connectivity index (χ4n) is 3.90. The third-order valence-corrected chi connectivity index (χ3v) is 5.64. The van der Waals surface area contributed by atoms with Crippen molar-refractivity contribution in [3.8, 4) is 5.75 Å². The van der Waals surface area contributed by atoms with Gasteiger partial charge in [-0.25, -0.2) is 0 Å². The summed E-state index contributed by atoms with van der Waals surface area (Å²) in [5.74, 6) is 1.52. The van der Waals surface area contributed by atoms with E-state index in [1.54, 1.807) is 21.2 Å². The highest BCUT2D eigenvalue weighted by Gasteiger charge is 2.23. The van der Waals surface area contributed by atoms with Gasteiger partial charge in [0, 0.05) is 32.7 Å². The molecule has 31 heavy (non-hydrogen) atoms. The number of hydrogen-bond acceptors (Lipinski definition) is 4. The van der Waals surface area contributed by atoms with Gasteiger partial charge in [0.2, 0.25) is 0 Å². The summed E-state index contributed by atoms with van der Waals surface area (Å²) < 4.78 is 5.31. The van der Waals surface area contributed by atoms with E-state index < -0.39 is 0 Å². The van der Waals surface area contributed by atoms with Crippen LogP contribution >= 0.6 is 0 Å². The number of benzene rings is 2. The van der Waals surface area contributed by atoms with Gasteiger partial charge in [0.05, 0.1) is 13.2 Å². The predicted octanol–water partition coefficient (Wildman–Crippen LogP) is 2.56. The third-order valence-electron chi connectivity index (χ3n) is 5.64. The second-order valence-electron chi connectivity index (χ2n) is 7.62. The van der Waals surface area contributed by atoms with Crippen LogP contribution in [0.2, 0.25) is 0 Å². The van der Waals surface area contributed by atoms with Crippen LogP contribution in [0.3, 0.4) is 0 Å². The Hall–Kier alpha value is -3.06. The van der Waals surface area contributed by atoms with Crippen molar-refractivity contribution in [3.05, 3.63) is 65.2 Å². The van der Waals surface area contributed by atoms with Gasteiger partial charge in [-0.1, -0.05) is 24.3 Å². The summed E-state index contributed by atoms with van der Waals surface area (Å²) in [5, 5.41) is 9.49. The van der Waals surface area contributed by atoms with Crippen molar-refractivity contribution in [3.63, 3.8) is 0 Å². The van der Waals surface area contributed by atoms with Crippen molar-refractivity contribution < 1.29 is 9.53 Å². The quantitative estimate of drug-likeness (QED) is 0.449. The molecule has 7 nitrogen and oxygen atoms in total. The molecule has 2 aromatic rings. The monoisotopic (exact) mass is 423 g/mol. The molecule has 3 N–H and O–H groups in total. The predicted molar refractivity (Wildman–Crippen MR) is 125 cm³/mol. The van der Waals surface area contributed by atoms with E-state index in [2.05, 4.69) is 38.0 Å². The minimum absolute atomic E-state index is 0.0858. The van der Waals surface area contributed by atoms with Crippen LogP contribution in [0.15, 0.2) is 53.5 Å². The van der Waals surface area contributed by atoms with E-state index in [0.29, 0.717) is 12.1 Å². The number of ether oxygens (including phenoxy) is 1. The smallest absolute Gasteiger partial charge is 0.251 e. The standard InChI is InChI=1S/C24H33N5O2/c1-25-23(30)20-8-6-7-18(15-20)16-27-24(26-2)28-17-22(29-13-4-5-14-29)19-9-11-21(31-3)12-10-19/h6-12,15,22H,4-5,13-14,16-17H2,1-3H3,(H,25,30)(H2,26,27,28). The lowest BCUT2D eigenvalue weighted by Crippen LogP contribution is -2.42. The number of hydrogen-bond donors (Lipinski definition) is 3. The van der Waals surface area contributed by atoms with Crippen LogP contribution in [0.4, 0.5) is 0 Å². The number of guanidine groups is 1. The summed E-state index contributed by atoms with van der Waals surface area (Å²) in [6, 6.07) is 16.2. The van der Waals surface area contributed by atoms with Gasteiger partial charge < -0.3 is 20.7 Å². The molecule has 0 spiro atoms. The molecule has 7 heteroatoms. The molecule has 3 rings (SSSR count). The summed E-state index contributed by atoms with van der Waals surface area (Å²) in [6.45, 7) is 3.55. The normalized spacial score (nSPS) is 15.4. The highest BCUT2D eigenvalue weighted by atomic mass is 16.5. The second kappa shape index (κ2) is 11.4. The molecule has 0 aromatic heterocycles. The van der Waals surface area contributed by atoms with E-state index in [4.69, 9.17) is 4.74 Å². The number of nitrogens with one attached hydrogen (secondary N) is 3. The van der Waals surface area contributed by atoms with Crippen molar-refractivity contribution in [2.24, 2.45) is 4.99 Å². The molecule has 1 atom stereocenters. The molecular weight excluding hydrogens is 390 g/mol. The number of amides is 1. The van der Waals surface area contributed by atoms with Gasteiger partial charge in [0.25, 0.3) is 5.91 Å². The maximum Gasteiger partial charge on any atom is 0.251 e. The Balaban J connectivity index is 1.62. The van der Waals surface area contributed by atoms with E-state index in [1.165, 1.54) is 18.4 Å². The van der Waals surface area contributed by atoms with Gasteiger partial charge >= 0.3 is 0 Å². The summed E-state index contributed by atoms with van der Waals surface area (Å²) in [7, 11) is 5.10. The zero-order valence-corrected chi connectivity index (χ0v) is 18.6. The number of likely N-dealkylation sites (tertiary alicyclic amines) is 1. The van der Waals surface area contributed by atoms with Crippen LogP contribution in [-0.4, -0.2) is 57.6 Å². The maximum absolute atomic E-state index is 11.9. The Bertz CT molecular complexity index is 876. The number of carbonyl (C=O) groups excluding carboxylic acids is 1. The lowest BCUT2D eigenvalue weighted by Gasteiger charge is -2.29. The van der Waals surface area contributed by atoms with Crippen LogP contribution in [-0.2, 0) is 6.54 Å². The van der Waals surface area contributed by atoms with Gasteiger partial charge in [-0.05, 0) is 61.3 Å². The van der Waals surface area contributed by atoms with Crippen LogP contribution in [0, 0.1) is 0 Å². The van der Waals surface area contributed by atoms with E-state index in [1.807, 2.05) is 36.4 Å². The first-order valence-corrected chi connectivity index (χ1v) is 10.8. The maximum atomic E-state index is 11.9. The van der Waals surface area contributed by atoms with E-state index >= 15 is 0 Å². The van der Waals surface area contributed by atoms with Gasteiger partial charge in [-0.2, -0.15) is 0 Å². The van der Waals surface area contributed by atoms with E-state index in [9.17, 15) is 4.79 Å². The van der Waals surface area contributed by atoms with E-state index in [0.717, 1.165) is 36.9 Å². The molecule has 1 amide bonds. The summed E-state index contributed by atoms with van der Waals surface area (Å²) in [5.41, 5.74) is 2.94. The van der Waals surface area contributed by atoms with Crippen molar-refractivity contribution in [2.45, 2.75) is 25.4 Å². The largest absolute Gasteiger partial charge is 0.497 e. The van der Waals surface area contributed by atoms with E-state index in [-0.39, 0.29) is 11.9 Å². The molecular formula is C24H33N5O2. The molecule has 1 unspecified atom stereocenters. The average molecular weight is 424 g/mol. The summed E-state index contributed by atoms with van der Waals surface area (Å²) in [6.07, 6.45) is 2.47. The Labute approximate surface area is 184 Å². The third kappa shape index (κ3) is 6.21. The SMILES string of the molecule is CN=C(NCc1cccc(C(=O)NC)c1)NCC(c1ccc(OC)cc1)N1CCCC1. The van der Waals surface area contributed by atoms with Crippen LogP contribution in [0.5, 0.6) is 5.75 Å². The second-order valence-corrected chi connectivity index (χ2v) is 7.62. The molecule has 2 aromatic carbocycles. The molecule has 1 aliphatic heterocycles. The Kier molecular flexibility index (Phi) is 8.29. The molecule has 0 radical (unpaired) electrons. The number of carbonyl (C=O) groups is 1. The summed E-state index contributed by atoms with van der Waals surface area (Å²) in [4.78, 5) is 18.8. The van der Waals surface area contributed by atoms with Crippen molar-refractivity contribution in [2.75, 3.05) is 40.8 Å². The fraction of sp³-hybridized carbons (Fsp3) is 0.417. The Morgan fingerprint density at radius 3 is 2.52 bits per heavy atom. The zero-order valence-electron chi connectivity index (χ0n) is 18.6. The first kappa shape index (κ1) is 22.6. The lowest BCUT2D eigenvalue weighted by molar-refractivity contribution is 0.0963. The number of aliphatic imine (C=N–C) groups is 1.